The highest BCUT2D eigenvalue weighted by Crippen LogP contribution is 2.44. The van der Waals surface area contributed by atoms with Crippen molar-refractivity contribution in [1.29, 1.82) is 0 Å². The van der Waals surface area contributed by atoms with E-state index in [0.717, 1.165) is 22.3 Å². The number of carbonyl (C=O) groups is 2. The molecule has 0 spiro atoms. The summed E-state index contributed by atoms with van der Waals surface area (Å²) in [4.78, 5) is 24.0. The Bertz CT molecular complexity index is 1130. The summed E-state index contributed by atoms with van der Waals surface area (Å²) in [5.41, 5.74) is 4.93. The number of halogens is 1. The molecule has 33 heavy (non-hydrogen) atoms. The fourth-order valence-electron chi connectivity index (χ4n) is 4.22. The van der Waals surface area contributed by atoms with Gasteiger partial charge in [-0.1, -0.05) is 54.6 Å². The first-order chi connectivity index (χ1) is 16.0. The van der Waals surface area contributed by atoms with Gasteiger partial charge in [-0.25, -0.2) is 9.18 Å². The largest absolute Gasteiger partial charge is 0.494 e. The lowest BCUT2D eigenvalue weighted by molar-refractivity contribution is -0.141. The summed E-state index contributed by atoms with van der Waals surface area (Å²) in [6, 6.07) is 20.3. The molecule has 0 heterocycles. The van der Waals surface area contributed by atoms with Crippen molar-refractivity contribution in [3.05, 3.63) is 89.2 Å². The van der Waals surface area contributed by atoms with Gasteiger partial charge in [-0.2, -0.15) is 0 Å². The Morgan fingerprint density at radius 2 is 1.67 bits per heavy atom. The van der Waals surface area contributed by atoms with Crippen LogP contribution in [0, 0.1) is 11.7 Å². The van der Waals surface area contributed by atoms with Gasteiger partial charge in [0.1, 0.15) is 6.61 Å². The van der Waals surface area contributed by atoms with Crippen molar-refractivity contribution in [2.24, 2.45) is 5.92 Å². The molecule has 0 saturated heterocycles. The molecule has 0 saturated carbocycles. The maximum Gasteiger partial charge on any atom is 0.407 e. The number of ether oxygens (including phenoxy) is 2. The van der Waals surface area contributed by atoms with Crippen molar-refractivity contribution in [2.45, 2.75) is 12.3 Å². The van der Waals surface area contributed by atoms with Crippen LogP contribution in [0.1, 0.15) is 22.6 Å². The average Bonchev–Trinajstić information content (AvgIpc) is 3.14. The third kappa shape index (κ3) is 4.82. The first-order valence-electron chi connectivity index (χ1n) is 10.6. The quantitative estimate of drug-likeness (QED) is 0.524. The number of hydrogen-bond acceptors (Lipinski definition) is 4. The Morgan fingerprint density at radius 1 is 1.03 bits per heavy atom. The number of amides is 1. The van der Waals surface area contributed by atoms with Gasteiger partial charge in [-0.05, 0) is 46.4 Å². The van der Waals surface area contributed by atoms with Crippen LogP contribution < -0.4 is 10.1 Å². The summed E-state index contributed by atoms with van der Waals surface area (Å²) >= 11 is 0. The summed E-state index contributed by atoms with van der Waals surface area (Å²) < 4.78 is 24.2. The minimum Gasteiger partial charge on any atom is -0.494 e. The lowest BCUT2D eigenvalue weighted by Crippen LogP contribution is -2.35. The number of methoxy groups -OCH3 is 1. The molecular weight excluding hydrogens is 425 g/mol. The number of fused-ring (bicyclic) bond motifs is 3. The second-order valence-corrected chi connectivity index (χ2v) is 7.91. The molecule has 1 aliphatic rings. The molecule has 0 aliphatic heterocycles. The number of alkyl carbamates (subject to hydrolysis) is 1. The predicted molar refractivity (Wildman–Crippen MR) is 121 cm³/mol. The minimum absolute atomic E-state index is 0.0555. The highest BCUT2D eigenvalue weighted by molar-refractivity contribution is 5.79. The van der Waals surface area contributed by atoms with E-state index >= 15 is 0 Å². The Kier molecular flexibility index (Phi) is 6.58. The van der Waals surface area contributed by atoms with E-state index in [1.54, 1.807) is 6.07 Å². The third-order valence-electron chi connectivity index (χ3n) is 5.88. The summed E-state index contributed by atoms with van der Waals surface area (Å²) in [6.07, 6.45) is -0.635. The minimum atomic E-state index is -1.09. The lowest BCUT2D eigenvalue weighted by Gasteiger charge is -2.16. The van der Waals surface area contributed by atoms with E-state index in [4.69, 9.17) is 9.47 Å². The second-order valence-electron chi connectivity index (χ2n) is 7.91. The van der Waals surface area contributed by atoms with Crippen molar-refractivity contribution < 1.29 is 28.6 Å². The molecule has 1 atom stereocenters. The fourth-order valence-corrected chi connectivity index (χ4v) is 4.22. The number of carbonyl (C=O) groups excluding carboxylic acids is 1. The van der Waals surface area contributed by atoms with E-state index in [0.29, 0.717) is 5.56 Å². The monoisotopic (exact) mass is 449 g/mol. The smallest absolute Gasteiger partial charge is 0.407 e. The van der Waals surface area contributed by atoms with Gasteiger partial charge in [0.2, 0.25) is 0 Å². The van der Waals surface area contributed by atoms with E-state index in [1.807, 2.05) is 48.5 Å². The van der Waals surface area contributed by atoms with Gasteiger partial charge < -0.3 is 19.9 Å². The van der Waals surface area contributed by atoms with Gasteiger partial charge in [0.25, 0.3) is 0 Å². The van der Waals surface area contributed by atoms with Gasteiger partial charge in [-0.15, -0.1) is 0 Å². The summed E-state index contributed by atoms with van der Waals surface area (Å²) in [6.45, 7) is 0.000937. The molecule has 1 unspecified atom stereocenters. The van der Waals surface area contributed by atoms with Crippen LogP contribution in [0.5, 0.6) is 5.75 Å². The van der Waals surface area contributed by atoms with Crippen LogP contribution in [0.2, 0.25) is 0 Å². The predicted octanol–water partition coefficient (Wildman–Crippen LogP) is 4.62. The van der Waals surface area contributed by atoms with Gasteiger partial charge in [-0.3, -0.25) is 4.79 Å². The van der Waals surface area contributed by atoms with E-state index in [-0.39, 0.29) is 31.2 Å². The Hall–Kier alpha value is -3.87. The molecule has 7 heteroatoms. The molecule has 0 radical (unpaired) electrons. The van der Waals surface area contributed by atoms with Gasteiger partial charge in [0, 0.05) is 12.5 Å². The fraction of sp³-hybridized carbons (Fsp3) is 0.231. The molecular formula is C26H24FNO5. The Labute approximate surface area is 191 Å². The normalized spacial score (nSPS) is 13.0. The number of aliphatic carboxylic acids is 1. The number of carboxylic acids is 1. The van der Waals surface area contributed by atoms with Gasteiger partial charge in [0.15, 0.2) is 11.6 Å². The summed E-state index contributed by atoms with van der Waals surface area (Å²) in [7, 11) is 1.36. The van der Waals surface area contributed by atoms with Crippen LogP contribution in [0.15, 0.2) is 66.7 Å². The summed E-state index contributed by atoms with van der Waals surface area (Å²) in [5, 5.41) is 12.1. The molecule has 0 bridgehead atoms. The molecule has 0 aromatic heterocycles. The molecule has 170 valence electrons. The van der Waals surface area contributed by atoms with Crippen LogP contribution in [0.25, 0.3) is 11.1 Å². The number of rotatable bonds is 8. The van der Waals surface area contributed by atoms with E-state index in [1.165, 1.54) is 19.2 Å². The Balaban J connectivity index is 1.36. The number of benzene rings is 3. The van der Waals surface area contributed by atoms with Crippen molar-refractivity contribution in [3.8, 4) is 16.9 Å². The van der Waals surface area contributed by atoms with Crippen LogP contribution in [-0.4, -0.2) is 37.4 Å². The SMILES string of the molecule is COc1ccc(CC(CNC(=O)OCC2c3ccccc3-c3ccccc32)C(=O)O)cc1F. The molecule has 2 N–H and O–H groups in total. The van der Waals surface area contributed by atoms with Crippen molar-refractivity contribution in [1.82, 2.24) is 5.32 Å². The molecule has 0 fully saturated rings. The third-order valence-corrected chi connectivity index (χ3v) is 5.88. The number of carboxylic acid groups (broad SMARTS) is 1. The molecule has 1 amide bonds. The highest BCUT2D eigenvalue weighted by Gasteiger charge is 2.29. The lowest BCUT2D eigenvalue weighted by atomic mass is 9.98. The number of hydrogen-bond donors (Lipinski definition) is 2. The summed E-state index contributed by atoms with van der Waals surface area (Å²) in [5.74, 6) is -2.59. The van der Waals surface area contributed by atoms with E-state index in [9.17, 15) is 19.1 Å². The molecule has 4 rings (SSSR count). The molecule has 6 nitrogen and oxygen atoms in total. The maximum atomic E-state index is 13.9. The average molecular weight is 449 g/mol. The van der Waals surface area contributed by atoms with Crippen LogP contribution in [0.3, 0.4) is 0 Å². The van der Waals surface area contributed by atoms with Gasteiger partial charge >= 0.3 is 12.1 Å². The first kappa shape index (κ1) is 22.3. The van der Waals surface area contributed by atoms with E-state index in [2.05, 4.69) is 5.32 Å². The van der Waals surface area contributed by atoms with E-state index < -0.39 is 23.8 Å². The highest BCUT2D eigenvalue weighted by atomic mass is 19.1. The number of nitrogens with one attached hydrogen (secondary N) is 1. The van der Waals surface area contributed by atoms with Gasteiger partial charge in [0.05, 0.1) is 13.0 Å². The van der Waals surface area contributed by atoms with Crippen LogP contribution in [0.4, 0.5) is 9.18 Å². The zero-order chi connectivity index (χ0) is 23.4. The molecule has 1 aliphatic carbocycles. The second kappa shape index (κ2) is 9.73. The molecule has 3 aromatic rings. The van der Waals surface area contributed by atoms with Crippen molar-refractivity contribution >= 4 is 12.1 Å². The van der Waals surface area contributed by atoms with Crippen LogP contribution >= 0.6 is 0 Å². The van der Waals surface area contributed by atoms with Crippen molar-refractivity contribution in [3.63, 3.8) is 0 Å². The Morgan fingerprint density at radius 3 is 2.24 bits per heavy atom. The zero-order valence-electron chi connectivity index (χ0n) is 18.1. The zero-order valence-corrected chi connectivity index (χ0v) is 18.1. The topological polar surface area (TPSA) is 84.9 Å². The standard InChI is InChI=1S/C26H24FNO5/c1-32-24-11-10-16(13-23(24)27)12-17(25(29)30)14-28-26(31)33-15-22-20-8-4-2-6-18(20)19-7-3-5-9-21(19)22/h2-11,13,17,22H,12,14-15H2,1H3,(H,28,31)(H,29,30). The van der Waals surface area contributed by atoms with Crippen molar-refractivity contribution in [2.75, 3.05) is 20.3 Å². The maximum absolute atomic E-state index is 13.9. The first-order valence-corrected chi connectivity index (χ1v) is 10.6. The van der Waals surface area contributed by atoms with Crippen LogP contribution in [-0.2, 0) is 16.0 Å². The molecule has 3 aromatic carbocycles.